The molecular weight excluding hydrogens is 440 g/mol. The molecule has 32 heavy (non-hydrogen) atoms. The molecule has 1 saturated heterocycles. The fourth-order valence-corrected chi connectivity index (χ4v) is 3.63. The Hall–Kier alpha value is -3.86. The van der Waals surface area contributed by atoms with Gasteiger partial charge in [-0.25, -0.2) is 0 Å². The Balaban J connectivity index is 1.75. The number of carbonyl (C=O) groups excluding carboxylic acids is 3. The van der Waals surface area contributed by atoms with E-state index in [9.17, 15) is 24.5 Å². The van der Waals surface area contributed by atoms with Crippen molar-refractivity contribution in [2.75, 3.05) is 20.8 Å². The molecule has 1 aliphatic heterocycles. The summed E-state index contributed by atoms with van der Waals surface area (Å²) < 4.78 is 15.6. The Labute approximate surface area is 186 Å². The molecule has 0 unspecified atom stereocenters. The number of carbonyl (C=O) groups is 3. The number of hydrogen-bond donors (Lipinski definition) is 0. The molecular formula is C21H18N2O8S. The van der Waals surface area contributed by atoms with Gasteiger partial charge in [0.15, 0.2) is 11.5 Å². The van der Waals surface area contributed by atoms with Gasteiger partial charge >= 0.3 is 5.97 Å². The molecule has 0 radical (unpaired) electrons. The van der Waals surface area contributed by atoms with Gasteiger partial charge in [0.25, 0.3) is 16.8 Å². The van der Waals surface area contributed by atoms with Gasteiger partial charge in [-0.2, -0.15) is 0 Å². The maximum atomic E-state index is 12.4. The van der Waals surface area contributed by atoms with Crippen LogP contribution in [0.5, 0.6) is 11.5 Å². The Morgan fingerprint density at radius 2 is 1.94 bits per heavy atom. The van der Waals surface area contributed by atoms with E-state index in [2.05, 4.69) is 4.74 Å². The van der Waals surface area contributed by atoms with Crippen LogP contribution in [0.3, 0.4) is 0 Å². The first-order chi connectivity index (χ1) is 15.3. The third-order valence-electron chi connectivity index (χ3n) is 4.39. The van der Waals surface area contributed by atoms with E-state index in [-0.39, 0.29) is 17.2 Å². The summed E-state index contributed by atoms with van der Waals surface area (Å²) in [4.78, 5) is 47.3. The number of non-ortho nitro benzene ring substituents is 1. The maximum absolute atomic E-state index is 12.4. The molecule has 0 spiro atoms. The number of rotatable bonds is 8. The molecule has 2 amide bonds. The lowest BCUT2D eigenvalue weighted by atomic mass is 10.1. The van der Waals surface area contributed by atoms with Crippen molar-refractivity contribution >= 4 is 40.6 Å². The number of nitro benzene ring substituents is 1. The molecule has 1 heterocycles. The van der Waals surface area contributed by atoms with Crippen molar-refractivity contribution in [2.45, 2.75) is 6.61 Å². The second-order valence-electron chi connectivity index (χ2n) is 6.47. The van der Waals surface area contributed by atoms with Crippen molar-refractivity contribution in [3.8, 4) is 11.5 Å². The van der Waals surface area contributed by atoms with E-state index < -0.39 is 28.6 Å². The van der Waals surface area contributed by atoms with Gasteiger partial charge in [0.1, 0.15) is 13.2 Å². The van der Waals surface area contributed by atoms with Gasteiger partial charge < -0.3 is 14.2 Å². The minimum absolute atomic E-state index is 0.0328. The Kier molecular flexibility index (Phi) is 7.11. The molecule has 2 aromatic rings. The highest BCUT2D eigenvalue weighted by molar-refractivity contribution is 8.18. The van der Waals surface area contributed by atoms with Crippen molar-refractivity contribution < 1.29 is 33.5 Å². The average molecular weight is 458 g/mol. The van der Waals surface area contributed by atoms with E-state index in [0.29, 0.717) is 22.6 Å². The first-order valence-electron chi connectivity index (χ1n) is 9.18. The van der Waals surface area contributed by atoms with Gasteiger partial charge in [0.05, 0.1) is 24.0 Å². The fourth-order valence-electron chi connectivity index (χ4n) is 2.80. The molecule has 2 aromatic carbocycles. The van der Waals surface area contributed by atoms with Gasteiger partial charge in [0.2, 0.25) is 0 Å². The van der Waals surface area contributed by atoms with Gasteiger partial charge in [-0.15, -0.1) is 0 Å². The van der Waals surface area contributed by atoms with E-state index in [0.717, 1.165) is 16.7 Å². The summed E-state index contributed by atoms with van der Waals surface area (Å²) in [5, 5.41) is 10.3. The first-order valence-corrected chi connectivity index (χ1v) is 10.0. The molecule has 1 aliphatic rings. The zero-order valence-corrected chi connectivity index (χ0v) is 17.9. The Bertz CT molecular complexity index is 1110. The van der Waals surface area contributed by atoms with Crippen molar-refractivity contribution in [2.24, 2.45) is 0 Å². The van der Waals surface area contributed by atoms with Crippen LogP contribution < -0.4 is 9.47 Å². The second kappa shape index (κ2) is 9.96. The lowest BCUT2D eigenvalue weighted by molar-refractivity contribution is -0.384. The molecule has 0 atom stereocenters. The largest absolute Gasteiger partial charge is 0.493 e. The molecule has 10 nitrogen and oxygen atoms in total. The van der Waals surface area contributed by atoms with Crippen LogP contribution in [0, 0.1) is 10.1 Å². The zero-order chi connectivity index (χ0) is 23.3. The number of hydrogen-bond acceptors (Lipinski definition) is 9. The Morgan fingerprint density at radius 1 is 1.16 bits per heavy atom. The van der Waals surface area contributed by atoms with Gasteiger partial charge in [0, 0.05) is 12.1 Å². The van der Waals surface area contributed by atoms with E-state index in [1.54, 1.807) is 30.3 Å². The molecule has 0 saturated carbocycles. The maximum Gasteiger partial charge on any atom is 0.325 e. The van der Waals surface area contributed by atoms with Crippen LogP contribution in [0.25, 0.3) is 6.08 Å². The highest BCUT2D eigenvalue weighted by atomic mass is 32.2. The van der Waals surface area contributed by atoms with Gasteiger partial charge in [-0.05, 0) is 41.1 Å². The molecule has 0 aromatic heterocycles. The molecule has 0 N–H and O–H groups in total. The van der Waals surface area contributed by atoms with Crippen LogP contribution >= 0.6 is 11.8 Å². The summed E-state index contributed by atoms with van der Waals surface area (Å²) in [6, 6.07) is 11.0. The summed E-state index contributed by atoms with van der Waals surface area (Å²) >= 11 is 0.722. The third-order valence-corrected chi connectivity index (χ3v) is 5.30. The SMILES string of the molecule is COC(=O)CN1C(=O)S/C(=C\c2ccc(OCc3cccc([N+](=O)[O-])c3)c(OC)c2)C1=O. The minimum atomic E-state index is -0.694. The third kappa shape index (κ3) is 5.24. The van der Waals surface area contributed by atoms with Crippen molar-refractivity contribution in [1.82, 2.24) is 4.90 Å². The van der Waals surface area contributed by atoms with Crippen molar-refractivity contribution in [3.05, 3.63) is 68.6 Å². The lowest BCUT2D eigenvalue weighted by Crippen LogP contribution is -2.34. The van der Waals surface area contributed by atoms with E-state index in [1.165, 1.54) is 32.4 Å². The zero-order valence-electron chi connectivity index (χ0n) is 17.1. The number of ether oxygens (including phenoxy) is 3. The van der Waals surface area contributed by atoms with Crippen LogP contribution in [0.15, 0.2) is 47.4 Å². The van der Waals surface area contributed by atoms with E-state index in [1.807, 2.05) is 0 Å². The van der Waals surface area contributed by atoms with Gasteiger partial charge in [-0.3, -0.25) is 29.4 Å². The monoisotopic (exact) mass is 458 g/mol. The standard InChI is InChI=1S/C21H18N2O8S/c1-29-17-9-13(10-18-20(25)22(21(26)32-18)11-19(24)30-2)6-7-16(17)31-12-14-4-3-5-15(8-14)23(27)28/h3-10H,11-12H2,1-2H3/b18-10-. The second-order valence-corrected chi connectivity index (χ2v) is 7.46. The highest BCUT2D eigenvalue weighted by Crippen LogP contribution is 2.34. The molecule has 3 rings (SSSR count). The topological polar surface area (TPSA) is 125 Å². The highest BCUT2D eigenvalue weighted by Gasteiger charge is 2.36. The number of methoxy groups -OCH3 is 2. The smallest absolute Gasteiger partial charge is 0.325 e. The first kappa shape index (κ1) is 22.8. The van der Waals surface area contributed by atoms with Crippen LogP contribution in [0.4, 0.5) is 10.5 Å². The molecule has 11 heteroatoms. The minimum Gasteiger partial charge on any atom is -0.493 e. The predicted molar refractivity (Wildman–Crippen MR) is 115 cm³/mol. The summed E-state index contributed by atoms with van der Waals surface area (Å²) in [6.07, 6.45) is 1.51. The number of esters is 1. The van der Waals surface area contributed by atoms with Crippen LogP contribution in [0.1, 0.15) is 11.1 Å². The van der Waals surface area contributed by atoms with Crippen LogP contribution in [0.2, 0.25) is 0 Å². The van der Waals surface area contributed by atoms with Crippen molar-refractivity contribution in [3.63, 3.8) is 0 Å². The number of imide groups is 1. The molecule has 1 fully saturated rings. The van der Waals surface area contributed by atoms with Crippen LogP contribution in [-0.2, 0) is 20.9 Å². The number of nitrogens with zero attached hydrogens (tertiary/aromatic N) is 2. The summed E-state index contributed by atoms with van der Waals surface area (Å²) in [5.74, 6) is -0.510. The lowest BCUT2D eigenvalue weighted by Gasteiger charge is -2.12. The number of nitro groups is 1. The number of thioether (sulfide) groups is 1. The average Bonchev–Trinajstić information content (AvgIpc) is 3.05. The van der Waals surface area contributed by atoms with E-state index in [4.69, 9.17) is 9.47 Å². The fraction of sp³-hybridized carbons (Fsp3) is 0.190. The number of benzene rings is 2. The molecule has 0 bridgehead atoms. The number of amides is 2. The van der Waals surface area contributed by atoms with E-state index >= 15 is 0 Å². The molecule has 166 valence electrons. The van der Waals surface area contributed by atoms with Crippen molar-refractivity contribution in [1.29, 1.82) is 0 Å². The van der Waals surface area contributed by atoms with Gasteiger partial charge in [-0.1, -0.05) is 18.2 Å². The summed E-state index contributed by atoms with van der Waals surface area (Å²) in [6.45, 7) is -0.365. The Morgan fingerprint density at radius 3 is 2.62 bits per heavy atom. The summed E-state index contributed by atoms with van der Waals surface area (Å²) in [5.41, 5.74) is 1.16. The van der Waals surface area contributed by atoms with Crippen LogP contribution in [-0.4, -0.2) is 47.7 Å². The molecule has 0 aliphatic carbocycles. The quantitative estimate of drug-likeness (QED) is 0.253. The predicted octanol–water partition coefficient (Wildman–Crippen LogP) is 3.39. The summed E-state index contributed by atoms with van der Waals surface area (Å²) in [7, 11) is 2.62. The normalized spacial score (nSPS) is 14.6.